The number of hydrogen-bond acceptors (Lipinski definition) is 5. The SMILES string of the molecule is CC(Sc1nc(N)cc(Cl)n1)c1cc2c(-c3ccccc3)c[nH]c2cn1. The Kier molecular flexibility index (Phi) is 4.53. The summed E-state index contributed by atoms with van der Waals surface area (Å²) in [5, 5.41) is 2.07. The topological polar surface area (TPSA) is 80.5 Å². The van der Waals surface area contributed by atoms with Crippen molar-refractivity contribution in [3.05, 3.63) is 65.7 Å². The molecule has 0 spiro atoms. The lowest BCUT2D eigenvalue weighted by Gasteiger charge is -2.10. The Labute approximate surface area is 160 Å². The second kappa shape index (κ2) is 6.97. The van der Waals surface area contributed by atoms with Gasteiger partial charge in [-0.15, -0.1) is 0 Å². The van der Waals surface area contributed by atoms with Gasteiger partial charge in [0, 0.05) is 23.2 Å². The van der Waals surface area contributed by atoms with Crippen LogP contribution in [0.4, 0.5) is 5.82 Å². The third-order valence-corrected chi connectivity index (χ3v) is 5.25. The van der Waals surface area contributed by atoms with Gasteiger partial charge in [0.25, 0.3) is 0 Å². The van der Waals surface area contributed by atoms with Gasteiger partial charge in [-0.3, -0.25) is 4.98 Å². The van der Waals surface area contributed by atoms with E-state index in [2.05, 4.69) is 45.1 Å². The highest BCUT2D eigenvalue weighted by Crippen LogP contribution is 2.35. The summed E-state index contributed by atoms with van der Waals surface area (Å²) < 4.78 is 0. The van der Waals surface area contributed by atoms with Crippen LogP contribution in [0.3, 0.4) is 0 Å². The second-order valence-corrected chi connectivity index (χ2v) is 7.58. The molecule has 26 heavy (non-hydrogen) atoms. The number of thioether (sulfide) groups is 1. The van der Waals surface area contributed by atoms with Gasteiger partial charge in [-0.25, -0.2) is 9.97 Å². The quantitative estimate of drug-likeness (QED) is 0.291. The molecule has 3 N–H and O–H groups in total. The van der Waals surface area contributed by atoms with E-state index in [0.29, 0.717) is 16.1 Å². The number of halogens is 1. The zero-order valence-electron chi connectivity index (χ0n) is 14.0. The number of nitrogens with two attached hydrogens (primary N) is 1. The number of anilines is 1. The molecule has 5 nitrogen and oxygen atoms in total. The van der Waals surface area contributed by atoms with Crippen LogP contribution >= 0.6 is 23.4 Å². The molecule has 0 aliphatic carbocycles. The van der Waals surface area contributed by atoms with E-state index in [9.17, 15) is 0 Å². The molecule has 1 aromatic carbocycles. The van der Waals surface area contributed by atoms with Crippen molar-refractivity contribution >= 4 is 40.1 Å². The van der Waals surface area contributed by atoms with Crippen LogP contribution in [-0.2, 0) is 0 Å². The van der Waals surface area contributed by atoms with Gasteiger partial charge >= 0.3 is 0 Å². The van der Waals surface area contributed by atoms with Crippen LogP contribution in [0.5, 0.6) is 0 Å². The number of aromatic nitrogens is 4. The molecule has 4 aromatic rings. The molecule has 1 unspecified atom stereocenters. The molecule has 0 saturated carbocycles. The summed E-state index contributed by atoms with van der Waals surface area (Å²) in [5.41, 5.74) is 10.0. The molecular formula is C19H16ClN5S. The monoisotopic (exact) mass is 381 g/mol. The van der Waals surface area contributed by atoms with Crippen LogP contribution in [0.25, 0.3) is 22.0 Å². The van der Waals surface area contributed by atoms with Crippen LogP contribution in [0.2, 0.25) is 5.15 Å². The van der Waals surface area contributed by atoms with Crippen LogP contribution in [0.15, 0.2) is 60.0 Å². The molecule has 3 heterocycles. The summed E-state index contributed by atoms with van der Waals surface area (Å²) in [5.74, 6) is 0.361. The third-order valence-electron chi connectivity index (χ3n) is 4.06. The molecule has 0 aliphatic rings. The summed E-state index contributed by atoms with van der Waals surface area (Å²) in [6.07, 6.45) is 3.88. The Hall–Kier alpha value is -2.57. The highest BCUT2D eigenvalue weighted by atomic mass is 35.5. The van der Waals surface area contributed by atoms with E-state index in [4.69, 9.17) is 17.3 Å². The average Bonchev–Trinajstić information content (AvgIpc) is 3.04. The van der Waals surface area contributed by atoms with Crippen LogP contribution < -0.4 is 5.73 Å². The number of nitrogen functional groups attached to an aromatic ring is 1. The largest absolute Gasteiger partial charge is 0.384 e. The van der Waals surface area contributed by atoms with Crippen LogP contribution in [-0.4, -0.2) is 19.9 Å². The molecule has 0 fully saturated rings. The smallest absolute Gasteiger partial charge is 0.191 e. The summed E-state index contributed by atoms with van der Waals surface area (Å²) in [6.45, 7) is 2.06. The third kappa shape index (κ3) is 3.38. The lowest BCUT2D eigenvalue weighted by atomic mass is 10.0. The van der Waals surface area contributed by atoms with Gasteiger partial charge in [0.15, 0.2) is 5.16 Å². The maximum atomic E-state index is 5.97. The van der Waals surface area contributed by atoms with Gasteiger partial charge in [0.1, 0.15) is 11.0 Å². The first kappa shape index (κ1) is 16.9. The molecule has 1 atom stereocenters. The standard InChI is InChI=1S/C19H16ClN5S/c1-11(26-19-24-17(20)8-18(21)25-19)15-7-13-14(9-22-16(13)10-23-15)12-5-3-2-4-6-12/h2-11,22H,1H3,(H2,21,24,25). The van der Waals surface area contributed by atoms with Crippen molar-refractivity contribution in [1.82, 2.24) is 19.9 Å². The van der Waals surface area contributed by atoms with Crippen molar-refractivity contribution in [3.63, 3.8) is 0 Å². The van der Waals surface area contributed by atoms with E-state index in [0.717, 1.165) is 22.2 Å². The summed E-state index contributed by atoms with van der Waals surface area (Å²) in [7, 11) is 0. The van der Waals surface area contributed by atoms with Gasteiger partial charge < -0.3 is 10.7 Å². The number of fused-ring (bicyclic) bond motifs is 1. The highest BCUT2D eigenvalue weighted by Gasteiger charge is 2.15. The van der Waals surface area contributed by atoms with E-state index < -0.39 is 0 Å². The summed E-state index contributed by atoms with van der Waals surface area (Å²) in [4.78, 5) is 16.3. The Morgan fingerprint density at radius 3 is 2.73 bits per heavy atom. The Bertz CT molecular complexity index is 1040. The van der Waals surface area contributed by atoms with Gasteiger partial charge in [-0.2, -0.15) is 0 Å². The molecule has 4 rings (SSSR count). The molecule has 0 saturated heterocycles. The normalized spacial score (nSPS) is 12.4. The first-order chi connectivity index (χ1) is 12.6. The fourth-order valence-corrected chi connectivity index (χ4v) is 3.92. The van der Waals surface area contributed by atoms with Gasteiger partial charge in [0.05, 0.1) is 22.7 Å². The Morgan fingerprint density at radius 2 is 1.96 bits per heavy atom. The van der Waals surface area contributed by atoms with Crippen molar-refractivity contribution in [2.45, 2.75) is 17.3 Å². The Balaban J connectivity index is 1.68. The van der Waals surface area contributed by atoms with E-state index in [-0.39, 0.29) is 5.25 Å². The van der Waals surface area contributed by atoms with Crippen LogP contribution in [0, 0.1) is 0 Å². The van der Waals surface area contributed by atoms with E-state index in [1.807, 2.05) is 30.6 Å². The van der Waals surface area contributed by atoms with Crippen LogP contribution in [0.1, 0.15) is 17.9 Å². The maximum absolute atomic E-state index is 5.97. The number of nitrogens with zero attached hydrogens (tertiary/aromatic N) is 3. The first-order valence-electron chi connectivity index (χ1n) is 8.09. The highest BCUT2D eigenvalue weighted by molar-refractivity contribution is 7.99. The minimum Gasteiger partial charge on any atom is -0.384 e. The van der Waals surface area contributed by atoms with Gasteiger partial charge in [0.2, 0.25) is 0 Å². The Morgan fingerprint density at radius 1 is 1.15 bits per heavy atom. The maximum Gasteiger partial charge on any atom is 0.191 e. The van der Waals surface area contributed by atoms with E-state index in [1.54, 1.807) is 0 Å². The van der Waals surface area contributed by atoms with Crippen molar-refractivity contribution in [2.24, 2.45) is 0 Å². The summed E-state index contributed by atoms with van der Waals surface area (Å²) >= 11 is 7.45. The lowest BCUT2D eigenvalue weighted by molar-refractivity contribution is 0.947. The minimum absolute atomic E-state index is 0.0517. The molecular weight excluding hydrogens is 366 g/mol. The number of aromatic amines is 1. The minimum atomic E-state index is 0.0517. The zero-order valence-corrected chi connectivity index (χ0v) is 15.6. The predicted molar refractivity (Wildman–Crippen MR) is 107 cm³/mol. The molecule has 0 bridgehead atoms. The lowest BCUT2D eigenvalue weighted by Crippen LogP contribution is -1.98. The van der Waals surface area contributed by atoms with Gasteiger partial charge in [-0.05, 0) is 18.6 Å². The fourth-order valence-electron chi connectivity index (χ4n) is 2.80. The predicted octanol–water partition coefficient (Wildman–Crippen LogP) is 5.11. The number of benzene rings is 1. The van der Waals surface area contributed by atoms with E-state index in [1.165, 1.54) is 23.4 Å². The number of rotatable bonds is 4. The zero-order chi connectivity index (χ0) is 18.1. The molecule has 0 amide bonds. The van der Waals surface area contributed by atoms with Crippen molar-refractivity contribution in [1.29, 1.82) is 0 Å². The average molecular weight is 382 g/mol. The first-order valence-corrected chi connectivity index (χ1v) is 9.35. The molecule has 130 valence electrons. The van der Waals surface area contributed by atoms with Crippen molar-refractivity contribution in [2.75, 3.05) is 5.73 Å². The number of nitrogens with one attached hydrogen (secondary N) is 1. The number of H-pyrrole nitrogens is 1. The molecule has 7 heteroatoms. The second-order valence-electron chi connectivity index (χ2n) is 5.88. The molecule has 3 aromatic heterocycles. The fraction of sp³-hybridized carbons (Fsp3) is 0.105. The molecule has 0 aliphatic heterocycles. The van der Waals surface area contributed by atoms with Crippen molar-refractivity contribution < 1.29 is 0 Å². The molecule has 0 radical (unpaired) electrons. The summed E-state index contributed by atoms with van der Waals surface area (Å²) in [6, 6.07) is 13.9. The van der Waals surface area contributed by atoms with Crippen molar-refractivity contribution in [3.8, 4) is 11.1 Å². The van der Waals surface area contributed by atoms with E-state index >= 15 is 0 Å². The van der Waals surface area contributed by atoms with Gasteiger partial charge in [-0.1, -0.05) is 53.7 Å². The number of hydrogen-bond donors (Lipinski definition) is 2. The number of pyridine rings is 1.